The van der Waals surface area contributed by atoms with Crippen molar-refractivity contribution in [3.8, 4) is 11.5 Å². The maximum atomic E-state index is 6.64. The van der Waals surface area contributed by atoms with Crippen molar-refractivity contribution in [1.29, 1.82) is 0 Å². The van der Waals surface area contributed by atoms with Crippen molar-refractivity contribution in [1.82, 2.24) is 0 Å². The van der Waals surface area contributed by atoms with Gasteiger partial charge in [-0.15, -0.1) is 0 Å². The molecule has 2 aromatic rings. The van der Waals surface area contributed by atoms with E-state index in [4.69, 9.17) is 13.6 Å². The molecule has 2 rings (SSSR count). The molecule has 0 aliphatic heterocycles. The monoisotopic (exact) mass is 516 g/mol. The summed E-state index contributed by atoms with van der Waals surface area (Å²) in [5, 5.41) is 0. The first-order valence-corrected chi connectivity index (χ1v) is 16.5. The molecule has 4 heteroatoms. The van der Waals surface area contributed by atoms with Gasteiger partial charge in [0.25, 0.3) is 0 Å². The van der Waals surface area contributed by atoms with Crippen molar-refractivity contribution >= 4 is 7.94 Å². The molecule has 0 aromatic heterocycles. The van der Waals surface area contributed by atoms with Gasteiger partial charge in [0.1, 0.15) is 0 Å². The summed E-state index contributed by atoms with van der Waals surface area (Å²) in [6, 6.07) is 20.2. The van der Waals surface area contributed by atoms with Crippen LogP contribution in [0.2, 0.25) is 0 Å². The Bertz CT molecular complexity index is 722. The molecule has 0 aliphatic carbocycles. The van der Waals surface area contributed by atoms with Crippen LogP contribution in [-0.2, 0) is 4.52 Å². The first kappa shape index (κ1) is 30.7. The molecule has 0 saturated heterocycles. The van der Waals surface area contributed by atoms with Gasteiger partial charge in [0.15, 0.2) is 0 Å². The van der Waals surface area contributed by atoms with E-state index in [1.165, 1.54) is 64.2 Å². The van der Waals surface area contributed by atoms with Gasteiger partial charge in [-0.2, -0.15) is 0 Å². The molecule has 0 unspecified atom stereocenters. The van der Waals surface area contributed by atoms with Crippen LogP contribution < -0.4 is 9.05 Å². The minimum atomic E-state index is -2.95. The Balaban J connectivity index is 1.97. The van der Waals surface area contributed by atoms with Gasteiger partial charge in [-0.3, -0.25) is 0 Å². The van der Waals surface area contributed by atoms with Crippen LogP contribution in [0.25, 0.3) is 0 Å². The van der Waals surface area contributed by atoms with E-state index in [1.807, 2.05) is 60.7 Å². The summed E-state index contributed by atoms with van der Waals surface area (Å²) in [6.45, 7) is 9.94. The minimum absolute atomic E-state index is 0.699. The van der Waals surface area contributed by atoms with Gasteiger partial charge >= 0.3 is 223 Å². The van der Waals surface area contributed by atoms with Crippen molar-refractivity contribution in [2.75, 3.05) is 12.8 Å². The molecule has 0 saturated carbocycles. The van der Waals surface area contributed by atoms with E-state index in [0.717, 1.165) is 42.3 Å². The number of hydrogen-bond acceptors (Lipinski definition) is 3. The van der Waals surface area contributed by atoms with Crippen LogP contribution >= 0.6 is 7.94 Å². The number of para-hydroxylation sites is 2. The molecule has 2 aromatic carbocycles. The standard InChI is InChI=1S/C32H53O3P/c1-29(2)21-13-7-5-9-19-27-33-36(34-31-23-15-11-16-24-31,35-32-25-17-12-18-26-32)28-20-10-6-8-14-22-30(3)4/h11-12,15-18,23-26,29-30,36H,5-10,13-14,19-22,27-28H2,1-4H3. The Morgan fingerprint density at radius 2 is 0.944 bits per heavy atom. The van der Waals surface area contributed by atoms with E-state index in [9.17, 15) is 0 Å². The third kappa shape index (κ3) is 14.2. The summed E-state index contributed by atoms with van der Waals surface area (Å²) in [5.41, 5.74) is 0. The van der Waals surface area contributed by atoms with E-state index in [0.29, 0.717) is 6.61 Å². The van der Waals surface area contributed by atoms with Crippen LogP contribution in [0.4, 0.5) is 0 Å². The second kappa shape index (κ2) is 18.6. The number of hydrogen-bond donors (Lipinski definition) is 0. The predicted octanol–water partition coefficient (Wildman–Crippen LogP) is 10.6. The van der Waals surface area contributed by atoms with E-state index in [-0.39, 0.29) is 0 Å². The van der Waals surface area contributed by atoms with E-state index in [2.05, 4.69) is 27.7 Å². The zero-order valence-corrected chi connectivity index (χ0v) is 24.6. The SMILES string of the molecule is CC(C)CCCCCCCO[PH](CCCCCCCC(C)C)(Oc1ccccc1)Oc1ccccc1. The summed E-state index contributed by atoms with van der Waals surface area (Å²) < 4.78 is 19.9. The molecule has 0 heterocycles. The van der Waals surface area contributed by atoms with Gasteiger partial charge in [0.05, 0.1) is 0 Å². The number of unbranched alkanes of at least 4 members (excludes halogenated alkanes) is 8. The molecule has 0 radical (unpaired) electrons. The normalized spacial score (nSPS) is 12.3. The van der Waals surface area contributed by atoms with Crippen molar-refractivity contribution in [2.45, 2.75) is 105 Å². The Morgan fingerprint density at radius 1 is 0.528 bits per heavy atom. The van der Waals surface area contributed by atoms with Gasteiger partial charge < -0.3 is 0 Å². The average Bonchev–Trinajstić information content (AvgIpc) is 2.86. The second-order valence-electron chi connectivity index (χ2n) is 11.0. The molecular weight excluding hydrogens is 463 g/mol. The maximum absolute atomic E-state index is 6.64. The summed E-state index contributed by atoms with van der Waals surface area (Å²) in [5.74, 6) is 3.28. The molecule has 0 N–H and O–H groups in total. The zero-order valence-electron chi connectivity index (χ0n) is 23.6. The fourth-order valence-corrected chi connectivity index (χ4v) is 7.06. The van der Waals surface area contributed by atoms with Crippen molar-refractivity contribution in [3.63, 3.8) is 0 Å². The summed E-state index contributed by atoms with van der Waals surface area (Å²) in [7, 11) is -2.95. The van der Waals surface area contributed by atoms with E-state index < -0.39 is 7.94 Å². The van der Waals surface area contributed by atoms with Crippen LogP contribution in [0.5, 0.6) is 11.5 Å². The van der Waals surface area contributed by atoms with Gasteiger partial charge in [-0.1, -0.05) is 0 Å². The summed E-state index contributed by atoms with van der Waals surface area (Å²) in [6.07, 6.45) is 15.9. The Morgan fingerprint density at radius 3 is 1.42 bits per heavy atom. The van der Waals surface area contributed by atoms with E-state index >= 15 is 0 Å². The molecule has 0 amide bonds. The third-order valence-electron chi connectivity index (χ3n) is 6.55. The average molecular weight is 517 g/mol. The van der Waals surface area contributed by atoms with Crippen molar-refractivity contribution in [2.24, 2.45) is 11.8 Å². The molecule has 0 aliphatic rings. The molecule has 204 valence electrons. The van der Waals surface area contributed by atoms with E-state index in [1.54, 1.807) is 0 Å². The molecule has 0 bridgehead atoms. The molecule has 0 fully saturated rings. The Labute approximate surface area is 222 Å². The Hall–Kier alpha value is -1.57. The topological polar surface area (TPSA) is 27.7 Å². The predicted molar refractivity (Wildman–Crippen MR) is 158 cm³/mol. The van der Waals surface area contributed by atoms with Crippen LogP contribution in [0.15, 0.2) is 60.7 Å². The molecule has 0 spiro atoms. The van der Waals surface area contributed by atoms with Gasteiger partial charge in [0.2, 0.25) is 0 Å². The summed E-state index contributed by atoms with van der Waals surface area (Å²) >= 11 is 0. The van der Waals surface area contributed by atoms with Gasteiger partial charge in [-0.25, -0.2) is 0 Å². The summed E-state index contributed by atoms with van der Waals surface area (Å²) in [4.78, 5) is 0. The molecule has 36 heavy (non-hydrogen) atoms. The number of rotatable bonds is 21. The third-order valence-corrected chi connectivity index (χ3v) is 9.25. The Kier molecular flexibility index (Phi) is 15.9. The molecule has 0 atom stereocenters. The van der Waals surface area contributed by atoms with Crippen LogP contribution in [0, 0.1) is 11.8 Å². The fourth-order valence-electron chi connectivity index (χ4n) is 4.43. The first-order chi connectivity index (χ1) is 17.5. The second-order valence-corrected chi connectivity index (χ2v) is 13.6. The van der Waals surface area contributed by atoms with Crippen LogP contribution in [0.3, 0.4) is 0 Å². The van der Waals surface area contributed by atoms with Crippen LogP contribution in [0.1, 0.15) is 105 Å². The molecule has 3 nitrogen and oxygen atoms in total. The quantitative estimate of drug-likeness (QED) is 0.122. The van der Waals surface area contributed by atoms with Crippen molar-refractivity contribution in [3.05, 3.63) is 60.7 Å². The first-order valence-electron chi connectivity index (χ1n) is 14.6. The van der Waals surface area contributed by atoms with Crippen molar-refractivity contribution < 1.29 is 13.6 Å². The van der Waals surface area contributed by atoms with Gasteiger partial charge in [0, 0.05) is 0 Å². The molecular formula is C32H53O3P. The fraction of sp³-hybridized carbons (Fsp3) is 0.625. The van der Waals surface area contributed by atoms with Gasteiger partial charge in [-0.05, 0) is 0 Å². The number of benzene rings is 2. The van der Waals surface area contributed by atoms with Crippen LogP contribution in [-0.4, -0.2) is 12.8 Å². The zero-order chi connectivity index (χ0) is 25.9.